The molecule has 4 nitrogen and oxygen atoms in total. The second-order valence-electron chi connectivity index (χ2n) is 4.74. The highest BCUT2D eigenvalue weighted by Crippen LogP contribution is 2.16. The maximum atomic E-state index is 11.9. The zero-order valence-corrected chi connectivity index (χ0v) is 12.5. The van der Waals surface area contributed by atoms with E-state index in [4.69, 9.17) is 0 Å². The van der Waals surface area contributed by atoms with Crippen molar-refractivity contribution in [1.82, 2.24) is 4.98 Å². The van der Waals surface area contributed by atoms with Crippen LogP contribution in [0.25, 0.3) is 0 Å². The molecule has 0 radical (unpaired) electrons. The zero-order chi connectivity index (χ0) is 14.7. The fraction of sp³-hybridized carbons (Fsp3) is 0.267. The quantitative estimate of drug-likeness (QED) is 0.879. The molecule has 0 spiro atoms. The van der Waals surface area contributed by atoms with Crippen LogP contribution in [-0.2, 0) is 11.2 Å². The van der Waals surface area contributed by atoms with E-state index in [2.05, 4.69) is 10.3 Å². The number of nitrogens with one attached hydrogen (secondary N) is 1. The van der Waals surface area contributed by atoms with Crippen molar-refractivity contribution in [2.45, 2.75) is 27.2 Å². The first-order valence-corrected chi connectivity index (χ1v) is 7.16. The van der Waals surface area contributed by atoms with E-state index >= 15 is 0 Å². The van der Waals surface area contributed by atoms with Crippen molar-refractivity contribution < 1.29 is 9.59 Å². The Labute approximate surface area is 121 Å². The molecule has 0 saturated carbocycles. The minimum atomic E-state index is -0.127. The standard InChI is InChI=1S/C15H16N2O2S/c1-9-4-5-12(6-10(9)2)7-14(19)17-15-16-13(8-20-15)11(3)18/h4-6,8H,7H2,1-3H3,(H,16,17,19). The molecule has 1 N–H and O–H groups in total. The van der Waals surface area contributed by atoms with Gasteiger partial charge in [-0.25, -0.2) is 4.98 Å². The van der Waals surface area contributed by atoms with Crippen LogP contribution in [0, 0.1) is 13.8 Å². The van der Waals surface area contributed by atoms with Crippen molar-refractivity contribution in [1.29, 1.82) is 0 Å². The largest absolute Gasteiger partial charge is 0.302 e. The van der Waals surface area contributed by atoms with Gasteiger partial charge in [0, 0.05) is 12.3 Å². The molecular weight excluding hydrogens is 272 g/mol. The topological polar surface area (TPSA) is 59.1 Å². The molecule has 0 aliphatic rings. The molecule has 20 heavy (non-hydrogen) atoms. The van der Waals surface area contributed by atoms with E-state index in [1.54, 1.807) is 5.38 Å². The van der Waals surface area contributed by atoms with Gasteiger partial charge in [-0.3, -0.25) is 9.59 Å². The summed E-state index contributed by atoms with van der Waals surface area (Å²) in [6.07, 6.45) is 0.302. The van der Waals surface area contributed by atoms with Crippen molar-refractivity contribution in [3.63, 3.8) is 0 Å². The smallest absolute Gasteiger partial charge is 0.230 e. The summed E-state index contributed by atoms with van der Waals surface area (Å²) >= 11 is 1.26. The maximum Gasteiger partial charge on any atom is 0.230 e. The molecule has 104 valence electrons. The number of aryl methyl sites for hydroxylation is 2. The number of thiazole rings is 1. The third kappa shape index (κ3) is 3.51. The number of anilines is 1. The van der Waals surface area contributed by atoms with E-state index in [0.717, 1.165) is 5.56 Å². The third-order valence-electron chi connectivity index (χ3n) is 3.05. The van der Waals surface area contributed by atoms with Gasteiger partial charge in [0.25, 0.3) is 0 Å². The summed E-state index contributed by atoms with van der Waals surface area (Å²) in [4.78, 5) is 27.1. The van der Waals surface area contributed by atoms with Gasteiger partial charge in [-0.05, 0) is 30.5 Å². The predicted octanol–water partition coefficient (Wildman–Crippen LogP) is 3.14. The maximum absolute atomic E-state index is 11.9. The van der Waals surface area contributed by atoms with Gasteiger partial charge in [0.2, 0.25) is 5.91 Å². The average molecular weight is 288 g/mol. The number of nitrogens with zero attached hydrogens (tertiary/aromatic N) is 1. The Hall–Kier alpha value is -2.01. The van der Waals surface area contributed by atoms with Gasteiger partial charge in [-0.2, -0.15) is 0 Å². The molecule has 0 aliphatic heterocycles. The summed E-state index contributed by atoms with van der Waals surface area (Å²) in [5.74, 6) is -0.228. The molecule has 1 aromatic carbocycles. The summed E-state index contributed by atoms with van der Waals surface area (Å²) in [5, 5.41) is 4.82. The third-order valence-corrected chi connectivity index (χ3v) is 3.80. The lowest BCUT2D eigenvalue weighted by Crippen LogP contribution is -2.14. The number of ketones is 1. The molecule has 0 aliphatic carbocycles. The predicted molar refractivity (Wildman–Crippen MR) is 80.4 cm³/mol. The van der Waals surface area contributed by atoms with E-state index in [0.29, 0.717) is 17.2 Å². The van der Waals surface area contributed by atoms with E-state index in [9.17, 15) is 9.59 Å². The van der Waals surface area contributed by atoms with Gasteiger partial charge in [-0.1, -0.05) is 18.2 Å². The fourth-order valence-electron chi connectivity index (χ4n) is 1.76. The lowest BCUT2D eigenvalue weighted by Gasteiger charge is -2.05. The van der Waals surface area contributed by atoms with E-state index in [-0.39, 0.29) is 11.7 Å². The van der Waals surface area contributed by atoms with Crippen LogP contribution in [0.1, 0.15) is 34.1 Å². The second-order valence-corrected chi connectivity index (χ2v) is 5.60. The first-order valence-electron chi connectivity index (χ1n) is 6.28. The highest BCUT2D eigenvalue weighted by atomic mass is 32.1. The molecule has 0 saturated heterocycles. The van der Waals surface area contributed by atoms with Crippen LogP contribution < -0.4 is 5.32 Å². The molecule has 0 atom stereocenters. The lowest BCUT2D eigenvalue weighted by molar-refractivity contribution is -0.115. The van der Waals surface area contributed by atoms with Gasteiger partial charge < -0.3 is 5.32 Å². The number of hydrogen-bond acceptors (Lipinski definition) is 4. The van der Waals surface area contributed by atoms with E-state index in [1.165, 1.54) is 29.4 Å². The van der Waals surface area contributed by atoms with Gasteiger partial charge in [-0.15, -0.1) is 11.3 Å². The first kappa shape index (κ1) is 14.4. The summed E-state index contributed by atoms with van der Waals surface area (Å²) in [5.41, 5.74) is 3.73. The van der Waals surface area contributed by atoms with Crippen molar-refractivity contribution in [2.24, 2.45) is 0 Å². The number of carbonyl (C=O) groups is 2. The van der Waals surface area contributed by atoms with Gasteiger partial charge >= 0.3 is 0 Å². The molecule has 5 heteroatoms. The summed E-state index contributed by atoms with van der Waals surface area (Å²) in [6.45, 7) is 5.52. The summed E-state index contributed by atoms with van der Waals surface area (Å²) in [6, 6.07) is 5.97. The van der Waals surface area contributed by atoms with Crippen molar-refractivity contribution >= 4 is 28.2 Å². The van der Waals surface area contributed by atoms with Gasteiger partial charge in [0.1, 0.15) is 5.69 Å². The van der Waals surface area contributed by atoms with Crippen LogP contribution in [0.3, 0.4) is 0 Å². The van der Waals surface area contributed by atoms with Crippen LogP contribution in [0.4, 0.5) is 5.13 Å². The van der Waals surface area contributed by atoms with E-state index < -0.39 is 0 Å². The normalized spacial score (nSPS) is 10.3. The summed E-state index contributed by atoms with van der Waals surface area (Å²) < 4.78 is 0. The monoisotopic (exact) mass is 288 g/mol. The van der Waals surface area contributed by atoms with Crippen LogP contribution in [0.5, 0.6) is 0 Å². The SMILES string of the molecule is CC(=O)c1csc(NC(=O)Cc2ccc(C)c(C)c2)n1. The number of carbonyl (C=O) groups excluding carboxylic acids is 2. The Morgan fingerprint density at radius 2 is 2.00 bits per heavy atom. The van der Waals surface area contributed by atoms with Crippen molar-refractivity contribution in [3.05, 3.63) is 46.0 Å². The molecule has 1 aromatic heterocycles. The van der Waals surface area contributed by atoms with Gasteiger partial charge in [0.05, 0.1) is 6.42 Å². The van der Waals surface area contributed by atoms with Crippen LogP contribution in [-0.4, -0.2) is 16.7 Å². The number of benzene rings is 1. The molecule has 1 heterocycles. The van der Waals surface area contributed by atoms with Crippen molar-refractivity contribution in [2.75, 3.05) is 5.32 Å². The molecule has 0 bridgehead atoms. The summed E-state index contributed by atoms with van der Waals surface area (Å²) in [7, 11) is 0. The minimum absolute atomic E-state index is 0.101. The molecule has 0 fully saturated rings. The second kappa shape index (κ2) is 5.96. The Morgan fingerprint density at radius 1 is 1.25 bits per heavy atom. The van der Waals surface area contributed by atoms with Crippen molar-refractivity contribution in [3.8, 4) is 0 Å². The molecular formula is C15H16N2O2S. The highest BCUT2D eigenvalue weighted by molar-refractivity contribution is 7.14. The average Bonchev–Trinajstić information content (AvgIpc) is 2.82. The molecule has 1 amide bonds. The number of hydrogen-bond donors (Lipinski definition) is 1. The Morgan fingerprint density at radius 3 is 2.60 bits per heavy atom. The zero-order valence-electron chi connectivity index (χ0n) is 11.7. The Balaban J connectivity index is 2.01. The number of aromatic nitrogens is 1. The van der Waals surface area contributed by atoms with Crippen LogP contribution in [0.15, 0.2) is 23.6 Å². The number of Topliss-reactive ketones (excluding diaryl/α,β-unsaturated/α-hetero) is 1. The molecule has 2 aromatic rings. The minimum Gasteiger partial charge on any atom is -0.302 e. The molecule has 0 unspecified atom stereocenters. The van der Waals surface area contributed by atoms with Crippen LogP contribution in [0.2, 0.25) is 0 Å². The lowest BCUT2D eigenvalue weighted by atomic mass is 10.0. The highest BCUT2D eigenvalue weighted by Gasteiger charge is 2.10. The van der Waals surface area contributed by atoms with Gasteiger partial charge in [0.15, 0.2) is 10.9 Å². The molecule has 2 rings (SSSR count). The number of amides is 1. The van der Waals surface area contributed by atoms with E-state index in [1.807, 2.05) is 32.0 Å². The number of rotatable bonds is 4. The fourth-order valence-corrected chi connectivity index (χ4v) is 2.52. The van der Waals surface area contributed by atoms with Crippen LogP contribution >= 0.6 is 11.3 Å². The Bertz CT molecular complexity index is 662. The first-order chi connectivity index (χ1) is 9.45. The Kier molecular flexibility index (Phi) is 4.29.